The van der Waals surface area contributed by atoms with Gasteiger partial charge < -0.3 is 10.1 Å². The molecule has 1 heterocycles. The number of halogens is 1. The number of anilines is 1. The second kappa shape index (κ2) is 6.65. The van der Waals surface area contributed by atoms with Crippen LogP contribution in [0.15, 0.2) is 18.2 Å². The van der Waals surface area contributed by atoms with Gasteiger partial charge in [-0.2, -0.15) is 0 Å². The lowest BCUT2D eigenvalue weighted by Crippen LogP contribution is -2.10. The number of rotatable bonds is 4. The predicted octanol–water partition coefficient (Wildman–Crippen LogP) is 3.21. The molecule has 116 valence electrons. The van der Waals surface area contributed by atoms with E-state index in [9.17, 15) is 14.0 Å². The lowest BCUT2D eigenvalue weighted by Gasteiger charge is -2.07. The van der Waals surface area contributed by atoms with Crippen molar-refractivity contribution in [3.8, 4) is 0 Å². The third-order valence-electron chi connectivity index (χ3n) is 2.91. The first kappa shape index (κ1) is 16.1. The minimum atomic E-state index is -0.796. The zero-order valence-electron chi connectivity index (χ0n) is 12.4. The number of esters is 1. The Labute approximate surface area is 131 Å². The Bertz CT molecular complexity index is 708. The summed E-state index contributed by atoms with van der Waals surface area (Å²) in [6, 6.07) is 3.73. The van der Waals surface area contributed by atoms with E-state index in [1.807, 2.05) is 13.8 Å². The number of hydrogen-bond donors (Lipinski definition) is 1. The van der Waals surface area contributed by atoms with Gasteiger partial charge in [0.15, 0.2) is 0 Å². The van der Waals surface area contributed by atoms with Gasteiger partial charge in [0.2, 0.25) is 5.91 Å². The van der Waals surface area contributed by atoms with E-state index in [-0.39, 0.29) is 18.1 Å². The van der Waals surface area contributed by atoms with Crippen molar-refractivity contribution in [3.05, 3.63) is 45.2 Å². The van der Waals surface area contributed by atoms with Crippen molar-refractivity contribution in [2.75, 3.05) is 5.32 Å². The second-order valence-corrected chi connectivity index (χ2v) is 5.99. The summed E-state index contributed by atoms with van der Waals surface area (Å²) < 4.78 is 18.8. The molecule has 0 aliphatic carbocycles. The Morgan fingerprint density at radius 3 is 2.68 bits per heavy atom. The van der Waals surface area contributed by atoms with Crippen molar-refractivity contribution in [1.29, 1.82) is 0 Å². The number of thiazole rings is 1. The van der Waals surface area contributed by atoms with Gasteiger partial charge in [-0.15, -0.1) is 11.3 Å². The molecule has 0 aliphatic heterocycles. The summed E-state index contributed by atoms with van der Waals surface area (Å²) >= 11 is 1.43. The van der Waals surface area contributed by atoms with Crippen molar-refractivity contribution in [2.45, 2.75) is 27.4 Å². The average molecular weight is 322 g/mol. The Morgan fingerprint density at radius 1 is 1.36 bits per heavy atom. The summed E-state index contributed by atoms with van der Waals surface area (Å²) in [4.78, 5) is 28.3. The van der Waals surface area contributed by atoms with Gasteiger partial charge in [0.1, 0.15) is 17.4 Å². The highest BCUT2D eigenvalue weighted by Crippen LogP contribution is 2.19. The molecule has 2 rings (SSSR count). The Hall–Kier alpha value is -2.28. The van der Waals surface area contributed by atoms with E-state index in [0.29, 0.717) is 10.7 Å². The Morgan fingerprint density at radius 2 is 2.09 bits per heavy atom. The minimum absolute atomic E-state index is 0.0119. The number of hydrogen-bond acceptors (Lipinski definition) is 5. The highest BCUT2D eigenvalue weighted by molar-refractivity contribution is 7.11. The van der Waals surface area contributed by atoms with Gasteiger partial charge in [-0.3, -0.25) is 4.79 Å². The number of carbonyl (C=O) groups is 2. The van der Waals surface area contributed by atoms with E-state index in [1.165, 1.54) is 30.4 Å². The molecular weight excluding hydrogens is 307 g/mol. The maximum atomic E-state index is 13.7. The van der Waals surface area contributed by atoms with Gasteiger partial charge in [-0.25, -0.2) is 14.2 Å². The first-order valence-electron chi connectivity index (χ1n) is 6.54. The van der Waals surface area contributed by atoms with Crippen LogP contribution >= 0.6 is 11.3 Å². The average Bonchev–Trinajstić information content (AvgIpc) is 2.77. The maximum absolute atomic E-state index is 13.7. The van der Waals surface area contributed by atoms with Gasteiger partial charge >= 0.3 is 5.97 Å². The molecule has 1 amide bonds. The van der Waals surface area contributed by atoms with Gasteiger partial charge in [-0.05, 0) is 32.0 Å². The van der Waals surface area contributed by atoms with Crippen molar-refractivity contribution in [2.24, 2.45) is 0 Å². The minimum Gasteiger partial charge on any atom is -0.455 e. The van der Waals surface area contributed by atoms with Crippen LogP contribution in [0, 0.1) is 19.7 Å². The van der Waals surface area contributed by atoms with E-state index in [4.69, 9.17) is 4.74 Å². The summed E-state index contributed by atoms with van der Waals surface area (Å²) in [5.41, 5.74) is 0.993. The van der Waals surface area contributed by atoms with Crippen molar-refractivity contribution in [1.82, 2.24) is 4.98 Å². The third kappa shape index (κ3) is 3.88. The van der Waals surface area contributed by atoms with Crippen molar-refractivity contribution >= 4 is 28.9 Å². The number of nitrogens with one attached hydrogen (secondary N) is 1. The predicted molar refractivity (Wildman–Crippen MR) is 81.4 cm³/mol. The molecule has 0 aliphatic rings. The molecule has 5 nitrogen and oxygen atoms in total. The van der Waals surface area contributed by atoms with Crippen molar-refractivity contribution < 1.29 is 18.7 Å². The highest BCUT2D eigenvalue weighted by Gasteiger charge is 2.15. The van der Waals surface area contributed by atoms with Gasteiger partial charge in [0, 0.05) is 17.5 Å². The Balaban J connectivity index is 2.09. The zero-order valence-corrected chi connectivity index (χ0v) is 13.2. The number of nitrogens with zero attached hydrogens (tertiary/aromatic N) is 1. The number of aryl methyl sites for hydroxylation is 2. The van der Waals surface area contributed by atoms with Crippen LogP contribution in [0.1, 0.15) is 32.9 Å². The summed E-state index contributed by atoms with van der Waals surface area (Å²) in [6.07, 6.45) is 0. The molecule has 0 radical (unpaired) electrons. The van der Waals surface area contributed by atoms with Gasteiger partial charge in [0.05, 0.1) is 11.3 Å². The van der Waals surface area contributed by atoms with Crippen LogP contribution < -0.4 is 5.32 Å². The molecule has 0 spiro atoms. The molecule has 0 fully saturated rings. The molecule has 1 N–H and O–H groups in total. The van der Waals surface area contributed by atoms with E-state index < -0.39 is 11.8 Å². The summed E-state index contributed by atoms with van der Waals surface area (Å²) in [5, 5.41) is 3.14. The van der Waals surface area contributed by atoms with Crippen LogP contribution in [0.25, 0.3) is 0 Å². The molecule has 0 saturated heterocycles. The number of carbonyl (C=O) groups excluding carboxylic acids is 2. The van der Waals surface area contributed by atoms with Gasteiger partial charge in [-0.1, -0.05) is 0 Å². The molecule has 0 unspecified atom stereocenters. The molecule has 2 aromatic rings. The largest absolute Gasteiger partial charge is 0.455 e. The standard InChI is InChI=1S/C15H15FN2O3S/c1-8-9(2)22-14(17-8)7-21-15(20)12-6-11(18-10(3)19)4-5-13(12)16/h4-6H,7H2,1-3H3,(H,18,19). The fourth-order valence-corrected chi connectivity index (χ4v) is 2.62. The van der Waals surface area contributed by atoms with Crippen LogP contribution in [0.3, 0.4) is 0 Å². The normalized spacial score (nSPS) is 10.4. The van der Waals surface area contributed by atoms with Crippen LogP contribution in [0.4, 0.5) is 10.1 Å². The number of amides is 1. The molecular formula is C15H15FN2O3S. The van der Waals surface area contributed by atoms with Crippen LogP contribution in [0.5, 0.6) is 0 Å². The molecule has 0 bridgehead atoms. The molecule has 22 heavy (non-hydrogen) atoms. The zero-order chi connectivity index (χ0) is 16.3. The highest BCUT2D eigenvalue weighted by atomic mass is 32.1. The lowest BCUT2D eigenvalue weighted by atomic mass is 10.2. The number of benzene rings is 1. The fourth-order valence-electron chi connectivity index (χ4n) is 1.77. The molecule has 1 aromatic carbocycles. The van der Waals surface area contributed by atoms with E-state index in [2.05, 4.69) is 10.3 Å². The smallest absolute Gasteiger partial charge is 0.341 e. The SMILES string of the molecule is CC(=O)Nc1ccc(F)c(C(=O)OCc2nc(C)c(C)s2)c1. The van der Waals surface area contributed by atoms with Crippen LogP contribution in [-0.4, -0.2) is 16.9 Å². The number of aromatic nitrogens is 1. The first-order chi connectivity index (χ1) is 10.4. The van der Waals surface area contributed by atoms with E-state index >= 15 is 0 Å². The molecule has 0 atom stereocenters. The van der Waals surface area contributed by atoms with E-state index in [1.54, 1.807) is 0 Å². The van der Waals surface area contributed by atoms with Crippen LogP contribution in [-0.2, 0) is 16.1 Å². The van der Waals surface area contributed by atoms with Crippen LogP contribution in [0.2, 0.25) is 0 Å². The van der Waals surface area contributed by atoms with Gasteiger partial charge in [0.25, 0.3) is 0 Å². The monoisotopic (exact) mass is 322 g/mol. The molecule has 0 saturated carbocycles. The third-order valence-corrected chi connectivity index (χ3v) is 3.95. The summed E-state index contributed by atoms with van der Waals surface area (Å²) in [5.74, 6) is -1.81. The maximum Gasteiger partial charge on any atom is 0.341 e. The fraction of sp³-hybridized carbons (Fsp3) is 0.267. The Kier molecular flexibility index (Phi) is 4.87. The molecule has 7 heteroatoms. The molecule has 1 aromatic heterocycles. The summed E-state index contributed by atoms with van der Waals surface area (Å²) in [7, 11) is 0. The lowest BCUT2D eigenvalue weighted by molar-refractivity contribution is -0.114. The quantitative estimate of drug-likeness (QED) is 0.878. The van der Waals surface area contributed by atoms with Crippen molar-refractivity contribution in [3.63, 3.8) is 0 Å². The first-order valence-corrected chi connectivity index (χ1v) is 7.35. The van der Waals surface area contributed by atoms with E-state index in [0.717, 1.165) is 16.6 Å². The number of ether oxygens (including phenoxy) is 1. The second-order valence-electron chi connectivity index (χ2n) is 4.70. The summed E-state index contributed by atoms with van der Waals surface area (Å²) in [6.45, 7) is 5.11. The topological polar surface area (TPSA) is 68.3 Å².